The van der Waals surface area contributed by atoms with E-state index in [4.69, 9.17) is 28.3 Å². The highest BCUT2D eigenvalue weighted by Gasteiger charge is 2.17. The van der Waals surface area contributed by atoms with Crippen LogP contribution < -0.4 is 5.48 Å². The fourth-order valence-electron chi connectivity index (χ4n) is 0.984. The smallest absolute Gasteiger partial charge is 0.332 e. The number of aliphatic carboxylic acids is 1. The van der Waals surface area contributed by atoms with Crippen LogP contribution in [0, 0.1) is 0 Å². The lowest BCUT2D eigenvalue weighted by atomic mass is 10.2. The topological polar surface area (TPSA) is 97.2 Å². The van der Waals surface area contributed by atoms with Crippen LogP contribution in [-0.4, -0.2) is 35.4 Å². The van der Waals surface area contributed by atoms with Gasteiger partial charge in [0.15, 0.2) is 6.61 Å². The molecule has 0 bridgehead atoms. The van der Waals surface area contributed by atoms with Crippen molar-refractivity contribution in [2.75, 3.05) is 6.61 Å². The van der Waals surface area contributed by atoms with Crippen LogP contribution in [0.15, 0.2) is 29.4 Å². The van der Waals surface area contributed by atoms with Crippen molar-refractivity contribution in [2.45, 2.75) is 5.56 Å². The van der Waals surface area contributed by atoms with Crippen LogP contribution in [0.5, 0.6) is 0 Å². The first-order valence-corrected chi connectivity index (χ1v) is 6.03. The van der Waals surface area contributed by atoms with Crippen LogP contribution in [0.1, 0.15) is 5.56 Å². The number of nitrogens with zero attached hydrogens (tertiary/aromatic N) is 1. The van der Waals surface area contributed by atoms with Gasteiger partial charge < -0.3 is 9.94 Å². The van der Waals surface area contributed by atoms with E-state index in [0.29, 0.717) is 10.6 Å². The Hall–Kier alpha value is -1.83. The highest BCUT2D eigenvalue weighted by atomic mass is 35.5. The first-order valence-electron chi connectivity index (χ1n) is 5.22. The molecule has 0 fully saturated rings. The number of hydrogen-bond donors (Lipinski definition) is 2. The Morgan fingerprint density at radius 2 is 2.15 bits per heavy atom. The third kappa shape index (κ3) is 5.87. The average Bonchev–Trinajstić information content (AvgIpc) is 2.40. The molecule has 108 valence electrons. The summed E-state index contributed by atoms with van der Waals surface area (Å²) >= 11 is 11.4. The number of carboxylic acids is 1. The monoisotopic (exact) mass is 320 g/mol. The number of hydroxylamine groups is 1. The van der Waals surface area contributed by atoms with Gasteiger partial charge in [-0.2, -0.15) is 0 Å². The maximum Gasteiger partial charge on any atom is 0.332 e. The van der Waals surface area contributed by atoms with E-state index in [9.17, 15) is 9.59 Å². The van der Waals surface area contributed by atoms with Gasteiger partial charge in [-0.1, -0.05) is 46.6 Å². The molecule has 9 heteroatoms. The molecule has 0 aliphatic rings. The number of nitrogens with one attached hydrogen (secondary N) is 1. The molecular formula is C11H10Cl2N2O5. The van der Waals surface area contributed by atoms with Gasteiger partial charge in [-0.3, -0.25) is 9.63 Å². The quantitative estimate of drug-likeness (QED) is 0.449. The summed E-state index contributed by atoms with van der Waals surface area (Å²) in [5.74, 6) is -2.13. The van der Waals surface area contributed by atoms with E-state index in [1.54, 1.807) is 29.7 Å². The second-order valence-corrected chi connectivity index (χ2v) is 4.13. The molecule has 1 aromatic carbocycles. The van der Waals surface area contributed by atoms with Gasteiger partial charge >= 0.3 is 11.9 Å². The molecule has 0 saturated heterocycles. The summed E-state index contributed by atoms with van der Waals surface area (Å²) in [7, 11) is 0. The van der Waals surface area contributed by atoms with Crippen LogP contribution in [-0.2, 0) is 19.3 Å². The molecule has 2 N–H and O–H groups in total. The Balaban J connectivity index is 2.39. The highest BCUT2D eigenvalue weighted by Crippen LogP contribution is 2.12. The molecular weight excluding hydrogens is 311 g/mol. The molecule has 0 aliphatic carbocycles. The maximum absolute atomic E-state index is 11.2. The van der Waals surface area contributed by atoms with Crippen LogP contribution in [0.4, 0.5) is 0 Å². The zero-order valence-corrected chi connectivity index (χ0v) is 11.5. The Labute approximate surface area is 124 Å². The molecule has 0 heterocycles. The second-order valence-electron chi connectivity index (χ2n) is 3.33. The summed E-state index contributed by atoms with van der Waals surface area (Å²) in [5, 5.41) is 12.2. The molecule has 1 aromatic rings. The summed E-state index contributed by atoms with van der Waals surface area (Å²) in [6.07, 6.45) is 1.28. The van der Waals surface area contributed by atoms with Crippen molar-refractivity contribution in [3.05, 3.63) is 34.9 Å². The van der Waals surface area contributed by atoms with Gasteiger partial charge in [0.25, 0.3) is 5.56 Å². The molecule has 7 nitrogen and oxygen atoms in total. The molecule has 0 aliphatic heterocycles. The molecule has 0 radical (unpaired) electrons. The van der Waals surface area contributed by atoms with Gasteiger partial charge in [0.1, 0.15) is 0 Å². The fraction of sp³-hybridized carbons (Fsp3) is 0.182. The lowest BCUT2D eigenvalue weighted by Gasteiger charge is -2.07. The zero-order chi connectivity index (χ0) is 15.0. The zero-order valence-electron chi connectivity index (χ0n) is 9.95. The van der Waals surface area contributed by atoms with Crippen molar-refractivity contribution in [3.8, 4) is 0 Å². The predicted molar refractivity (Wildman–Crippen MR) is 71.5 cm³/mol. The van der Waals surface area contributed by atoms with Crippen molar-refractivity contribution in [2.24, 2.45) is 5.16 Å². The number of oxime groups is 1. The van der Waals surface area contributed by atoms with E-state index < -0.39 is 24.0 Å². The largest absolute Gasteiger partial charge is 0.479 e. The van der Waals surface area contributed by atoms with Crippen LogP contribution in [0.2, 0.25) is 5.02 Å². The van der Waals surface area contributed by atoms with Crippen LogP contribution >= 0.6 is 23.2 Å². The van der Waals surface area contributed by atoms with Crippen LogP contribution in [0.3, 0.4) is 0 Å². The van der Waals surface area contributed by atoms with E-state index in [1.807, 2.05) is 0 Å². The summed E-state index contributed by atoms with van der Waals surface area (Å²) in [5.41, 5.74) is 0.911. The van der Waals surface area contributed by atoms with Crippen molar-refractivity contribution in [1.29, 1.82) is 0 Å². The summed E-state index contributed by atoms with van der Waals surface area (Å²) < 4.78 is 0. The van der Waals surface area contributed by atoms with Crippen molar-refractivity contribution >= 4 is 41.3 Å². The molecule has 1 rings (SSSR count). The third-order valence-corrected chi connectivity index (χ3v) is 2.45. The molecule has 0 aromatic heterocycles. The minimum atomic E-state index is -1.47. The van der Waals surface area contributed by atoms with Gasteiger partial charge in [0, 0.05) is 10.6 Å². The fourth-order valence-corrected chi connectivity index (χ4v) is 1.26. The Kier molecular flexibility index (Phi) is 6.78. The number of carboxylic acid groups (broad SMARTS) is 1. The van der Waals surface area contributed by atoms with E-state index in [0.717, 1.165) is 0 Å². The highest BCUT2D eigenvalue weighted by molar-refractivity contribution is 6.33. The number of amides is 1. The predicted octanol–water partition coefficient (Wildman–Crippen LogP) is 1.39. The standard InChI is InChI=1S/C11H10Cl2N2O5/c12-8-4-2-1-3-7(8)5-14-20-10(13)11(18)15-19-6-9(16)17/h1-5,10H,6H2,(H,15,18)(H,16,17). The molecule has 1 atom stereocenters. The number of rotatable bonds is 7. The Morgan fingerprint density at radius 3 is 2.80 bits per heavy atom. The number of hydrogen-bond acceptors (Lipinski definition) is 5. The normalized spacial score (nSPS) is 12.1. The number of halogens is 2. The molecule has 0 saturated carbocycles. The van der Waals surface area contributed by atoms with Gasteiger partial charge in [-0.15, -0.1) is 0 Å². The molecule has 1 amide bonds. The SMILES string of the molecule is O=C(O)CONC(=O)C(Cl)ON=Cc1ccccc1Cl. The van der Waals surface area contributed by atoms with Crippen LogP contribution in [0.25, 0.3) is 0 Å². The minimum Gasteiger partial charge on any atom is -0.479 e. The van der Waals surface area contributed by atoms with Crippen molar-refractivity contribution in [3.63, 3.8) is 0 Å². The van der Waals surface area contributed by atoms with Gasteiger partial charge in [0.05, 0.1) is 6.21 Å². The summed E-state index contributed by atoms with van der Waals surface area (Å²) in [6.45, 7) is -0.696. The molecule has 0 spiro atoms. The summed E-state index contributed by atoms with van der Waals surface area (Å²) in [4.78, 5) is 30.4. The minimum absolute atomic E-state index is 0.459. The van der Waals surface area contributed by atoms with Crippen molar-refractivity contribution in [1.82, 2.24) is 5.48 Å². The van der Waals surface area contributed by atoms with Gasteiger partial charge in [-0.25, -0.2) is 10.3 Å². The second kappa shape index (κ2) is 8.36. The number of carbonyl (C=O) groups excluding carboxylic acids is 1. The molecule has 20 heavy (non-hydrogen) atoms. The Morgan fingerprint density at radius 1 is 1.45 bits per heavy atom. The summed E-state index contributed by atoms with van der Waals surface area (Å²) in [6, 6.07) is 6.85. The Bertz CT molecular complexity index is 509. The van der Waals surface area contributed by atoms with Crippen molar-refractivity contribution < 1.29 is 24.4 Å². The van der Waals surface area contributed by atoms with E-state index in [2.05, 4.69) is 14.8 Å². The number of benzene rings is 1. The first kappa shape index (κ1) is 16.2. The van der Waals surface area contributed by atoms with E-state index in [-0.39, 0.29) is 0 Å². The van der Waals surface area contributed by atoms with Gasteiger partial charge in [0.2, 0.25) is 0 Å². The van der Waals surface area contributed by atoms with Gasteiger partial charge in [-0.05, 0) is 6.07 Å². The van der Waals surface area contributed by atoms with E-state index >= 15 is 0 Å². The third-order valence-electron chi connectivity index (χ3n) is 1.82. The lowest BCUT2D eigenvalue weighted by molar-refractivity contribution is -0.151. The number of alkyl halides is 1. The lowest BCUT2D eigenvalue weighted by Crippen LogP contribution is -2.33. The van der Waals surface area contributed by atoms with E-state index in [1.165, 1.54) is 6.21 Å². The molecule has 1 unspecified atom stereocenters. The first-order chi connectivity index (χ1) is 9.50. The maximum atomic E-state index is 11.2. The average molecular weight is 321 g/mol. The number of carbonyl (C=O) groups is 2.